The van der Waals surface area contributed by atoms with E-state index >= 15 is 0 Å². The van der Waals surface area contributed by atoms with E-state index in [0.717, 1.165) is 11.7 Å². The molecule has 0 aliphatic heterocycles. The predicted octanol–water partition coefficient (Wildman–Crippen LogP) is 4.29. The highest BCUT2D eigenvalue weighted by atomic mass is 79.9. The third-order valence-corrected chi connectivity index (χ3v) is 6.72. The van der Waals surface area contributed by atoms with E-state index < -0.39 is 15.8 Å². The zero-order valence-corrected chi connectivity index (χ0v) is 17.8. The van der Waals surface area contributed by atoms with E-state index in [1.807, 2.05) is 0 Å². The maximum absolute atomic E-state index is 14.0. The van der Waals surface area contributed by atoms with Gasteiger partial charge in [-0.05, 0) is 40.2 Å². The van der Waals surface area contributed by atoms with Crippen molar-refractivity contribution in [3.63, 3.8) is 0 Å². The summed E-state index contributed by atoms with van der Waals surface area (Å²) in [5.41, 5.74) is 1.03. The molecule has 0 unspecified atom stereocenters. The van der Waals surface area contributed by atoms with Gasteiger partial charge in [-0.15, -0.1) is 0 Å². The van der Waals surface area contributed by atoms with Crippen LogP contribution in [0.5, 0.6) is 0 Å². The minimum absolute atomic E-state index is 0.00246. The first-order valence-electron chi connectivity index (χ1n) is 7.75. The highest BCUT2D eigenvalue weighted by Crippen LogP contribution is 2.28. The minimum Gasteiger partial charge on any atom is -0.265 e. The maximum atomic E-state index is 14.0. The molecular weight excluding hydrogens is 493 g/mol. The highest BCUT2D eigenvalue weighted by molar-refractivity contribution is 9.10. The second-order valence-electron chi connectivity index (χ2n) is 5.72. The molecule has 0 radical (unpaired) electrons. The number of sulfonamides is 1. The summed E-state index contributed by atoms with van der Waals surface area (Å²) in [6, 6.07) is 9.09. The van der Waals surface area contributed by atoms with Crippen LogP contribution < -0.4 is 4.72 Å². The second kappa shape index (κ2) is 7.39. The Kier molecular flexibility index (Phi) is 5.08. The highest BCUT2D eigenvalue weighted by Gasteiger charge is 2.22. The molecule has 4 rings (SSSR count). The predicted molar refractivity (Wildman–Crippen MR) is 109 cm³/mol. The Morgan fingerprint density at radius 3 is 2.79 bits per heavy atom. The Bertz CT molecular complexity index is 1270. The molecule has 7 nitrogen and oxygen atoms in total. The number of nitrogens with zero attached hydrogens (tertiary/aromatic N) is 4. The summed E-state index contributed by atoms with van der Waals surface area (Å²) in [7, 11) is -3.96. The Hall–Kier alpha value is -2.08. The largest absolute Gasteiger partial charge is 0.265 e. The lowest BCUT2D eigenvalue weighted by atomic mass is 10.2. The molecule has 28 heavy (non-hydrogen) atoms. The molecule has 0 aliphatic rings. The summed E-state index contributed by atoms with van der Waals surface area (Å²) >= 11 is 10.2. The first-order valence-corrected chi connectivity index (χ1v) is 11.1. The van der Waals surface area contributed by atoms with Crippen LogP contribution in [-0.4, -0.2) is 26.9 Å². The molecule has 0 aliphatic carbocycles. The molecule has 0 atom stereocenters. The third-order valence-electron chi connectivity index (χ3n) is 3.87. The number of benzene rings is 2. The lowest BCUT2D eigenvalue weighted by Gasteiger charge is -2.07. The topological polar surface area (TPSA) is 89.8 Å². The van der Waals surface area contributed by atoms with Crippen LogP contribution in [0, 0.1) is 5.82 Å². The summed E-state index contributed by atoms with van der Waals surface area (Å²) in [4.78, 5) is -0.00246. The average molecular weight is 503 g/mol. The summed E-state index contributed by atoms with van der Waals surface area (Å²) in [5.74, 6) is -0.406. The van der Waals surface area contributed by atoms with Crippen molar-refractivity contribution in [1.82, 2.24) is 18.5 Å². The van der Waals surface area contributed by atoms with Gasteiger partial charge >= 0.3 is 0 Å². The van der Waals surface area contributed by atoms with Gasteiger partial charge in [-0.1, -0.05) is 23.7 Å². The van der Waals surface area contributed by atoms with Gasteiger partial charge in [0.25, 0.3) is 10.0 Å². The number of hydrogen-bond acceptors (Lipinski definition) is 6. The van der Waals surface area contributed by atoms with E-state index in [4.69, 9.17) is 11.6 Å². The van der Waals surface area contributed by atoms with Crippen LogP contribution in [0.4, 0.5) is 10.2 Å². The van der Waals surface area contributed by atoms with Gasteiger partial charge in [-0.2, -0.15) is 13.8 Å². The van der Waals surface area contributed by atoms with Crippen LogP contribution in [0.15, 0.2) is 52.0 Å². The van der Waals surface area contributed by atoms with Crippen molar-refractivity contribution in [2.24, 2.45) is 0 Å². The molecule has 0 saturated carbocycles. The van der Waals surface area contributed by atoms with Crippen molar-refractivity contribution in [1.29, 1.82) is 0 Å². The fourth-order valence-electron chi connectivity index (χ4n) is 2.57. The van der Waals surface area contributed by atoms with Crippen molar-refractivity contribution < 1.29 is 12.8 Å². The fourth-order valence-corrected chi connectivity index (χ4v) is 5.13. The Balaban J connectivity index is 1.65. The standard InChI is InChI=1S/C16H10BrClFN5O2S2/c17-10-8-24(7-9-11(18)3-1-4-12(9)19)20-16(10)23-28(25,26)14-6-2-5-13-15(14)22-27-21-13/h1-6,8H,7H2,(H,20,23). The van der Waals surface area contributed by atoms with E-state index in [1.54, 1.807) is 18.2 Å². The molecule has 144 valence electrons. The molecule has 2 aromatic carbocycles. The van der Waals surface area contributed by atoms with Gasteiger partial charge < -0.3 is 0 Å². The number of anilines is 1. The molecule has 0 saturated heterocycles. The average Bonchev–Trinajstić information content (AvgIpc) is 3.24. The first kappa shape index (κ1) is 19.2. The van der Waals surface area contributed by atoms with Crippen LogP contribution in [0.2, 0.25) is 5.02 Å². The van der Waals surface area contributed by atoms with Crippen LogP contribution in [0.1, 0.15) is 5.56 Å². The number of rotatable bonds is 5. The quantitative estimate of drug-likeness (QED) is 0.440. The smallest absolute Gasteiger partial charge is 0.265 e. The van der Waals surface area contributed by atoms with E-state index in [-0.39, 0.29) is 33.4 Å². The molecule has 0 amide bonds. The van der Waals surface area contributed by atoms with Gasteiger partial charge in [0.15, 0.2) is 5.82 Å². The van der Waals surface area contributed by atoms with E-state index in [0.29, 0.717) is 9.99 Å². The molecule has 0 fully saturated rings. The summed E-state index contributed by atoms with van der Waals surface area (Å²) < 4.78 is 51.9. The Morgan fingerprint density at radius 1 is 1.21 bits per heavy atom. The van der Waals surface area contributed by atoms with Gasteiger partial charge in [0.2, 0.25) is 0 Å². The summed E-state index contributed by atoms with van der Waals surface area (Å²) in [6.45, 7) is 0.0391. The Morgan fingerprint density at radius 2 is 2.00 bits per heavy atom. The summed E-state index contributed by atoms with van der Waals surface area (Å²) in [6.07, 6.45) is 1.53. The molecular formula is C16H10BrClFN5O2S2. The van der Waals surface area contributed by atoms with Crippen LogP contribution in [0.25, 0.3) is 11.0 Å². The lowest BCUT2D eigenvalue weighted by Crippen LogP contribution is -2.14. The maximum Gasteiger partial charge on any atom is 0.265 e. The first-order chi connectivity index (χ1) is 13.3. The van der Waals surface area contributed by atoms with E-state index in [9.17, 15) is 12.8 Å². The van der Waals surface area contributed by atoms with Gasteiger partial charge in [-0.25, -0.2) is 12.8 Å². The number of nitrogens with one attached hydrogen (secondary N) is 1. The van der Waals surface area contributed by atoms with Crippen molar-refractivity contribution in [3.8, 4) is 0 Å². The molecule has 2 heterocycles. The monoisotopic (exact) mass is 501 g/mol. The SMILES string of the molecule is O=S(=O)(Nc1nn(Cc2c(F)cccc2Cl)cc1Br)c1cccc2nsnc12. The van der Waals surface area contributed by atoms with Crippen molar-refractivity contribution in [3.05, 3.63) is 63.5 Å². The van der Waals surface area contributed by atoms with Crippen molar-refractivity contribution in [2.75, 3.05) is 4.72 Å². The van der Waals surface area contributed by atoms with Gasteiger partial charge in [0.1, 0.15) is 21.7 Å². The molecule has 0 spiro atoms. The van der Waals surface area contributed by atoms with Crippen molar-refractivity contribution >= 4 is 66.1 Å². The molecule has 4 aromatic rings. The fraction of sp³-hybridized carbons (Fsp3) is 0.0625. The Labute approximate surface area is 176 Å². The molecule has 12 heteroatoms. The van der Waals surface area contributed by atoms with Crippen LogP contribution in [0.3, 0.4) is 0 Å². The number of fused-ring (bicyclic) bond motifs is 1. The van der Waals surface area contributed by atoms with Crippen LogP contribution in [-0.2, 0) is 16.6 Å². The molecule has 2 aromatic heterocycles. The zero-order valence-electron chi connectivity index (χ0n) is 13.8. The lowest BCUT2D eigenvalue weighted by molar-refractivity contribution is 0.585. The van der Waals surface area contributed by atoms with E-state index in [2.05, 4.69) is 34.5 Å². The van der Waals surface area contributed by atoms with Gasteiger partial charge in [-0.3, -0.25) is 9.40 Å². The van der Waals surface area contributed by atoms with Crippen LogP contribution >= 0.6 is 39.3 Å². The number of halogens is 3. The summed E-state index contributed by atoms with van der Waals surface area (Å²) in [5, 5.41) is 4.45. The zero-order chi connectivity index (χ0) is 19.9. The molecule has 0 bridgehead atoms. The van der Waals surface area contributed by atoms with Gasteiger partial charge in [0.05, 0.1) is 22.7 Å². The molecule has 1 N–H and O–H groups in total. The third kappa shape index (κ3) is 3.62. The second-order valence-corrected chi connectivity index (χ2v) is 9.16. The van der Waals surface area contributed by atoms with Gasteiger partial charge in [0, 0.05) is 16.8 Å². The minimum atomic E-state index is -3.96. The normalized spacial score (nSPS) is 11.8. The van der Waals surface area contributed by atoms with Crippen molar-refractivity contribution in [2.45, 2.75) is 11.4 Å². The van der Waals surface area contributed by atoms with E-state index in [1.165, 1.54) is 29.1 Å². The number of aromatic nitrogens is 4. The number of hydrogen-bond donors (Lipinski definition) is 1.